The van der Waals surface area contributed by atoms with Crippen LogP contribution in [0.5, 0.6) is 0 Å². The minimum Gasteiger partial charge on any atom is -0.456 e. The molecule has 1 heterocycles. The van der Waals surface area contributed by atoms with Gasteiger partial charge in [0.2, 0.25) is 0 Å². The number of halogens is 1. The molecule has 0 radical (unpaired) electrons. The Morgan fingerprint density at radius 2 is 2.03 bits per heavy atom. The van der Waals surface area contributed by atoms with E-state index in [1.807, 2.05) is 12.1 Å². The molecule has 144 valence electrons. The average Bonchev–Trinajstić information content (AvgIpc) is 3.14. The van der Waals surface area contributed by atoms with Crippen molar-refractivity contribution in [3.05, 3.63) is 85.2 Å². The lowest BCUT2D eigenvalue weighted by Crippen LogP contribution is -2.13. The lowest BCUT2D eigenvalue weighted by molar-refractivity contribution is -0.384. The number of hydrogen-bond donors (Lipinski definition) is 1. The first kappa shape index (κ1) is 20.3. The number of rotatable bonds is 5. The number of carbonyl (C=O) groups excluding carboxylic acids is 1. The van der Waals surface area contributed by atoms with E-state index in [1.165, 1.54) is 12.1 Å². The fraction of sp³-hybridized carbons (Fsp3) is 0.0476. The Bertz CT molecular complexity index is 1170. The lowest BCUT2D eigenvalue weighted by atomic mass is 10.1. The molecule has 1 aromatic heterocycles. The smallest absolute Gasteiger partial charge is 0.280 e. The van der Waals surface area contributed by atoms with E-state index in [-0.39, 0.29) is 22.8 Å². The zero-order valence-corrected chi connectivity index (χ0v) is 17.3. The molecule has 3 aromatic rings. The first-order valence-electron chi connectivity index (χ1n) is 8.41. The van der Waals surface area contributed by atoms with Crippen LogP contribution in [0.1, 0.15) is 11.3 Å². The molecule has 0 aliphatic carbocycles. The van der Waals surface area contributed by atoms with Gasteiger partial charge in [0.05, 0.1) is 10.5 Å². The first-order chi connectivity index (χ1) is 13.9. The first-order valence-corrected chi connectivity index (χ1v) is 9.49. The largest absolute Gasteiger partial charge is 0.456 e. The standard InChI is InChI=1S/C21H14IN3O4/c1-13-5-7-18(19(9-13)25(27)28)20-8-6-17(29-20)10-14(12-23)21(26)24-16-4-2-3-15(22)11-16/h2-11H,1H3,(H,24,26)/b14-10+. The highest BCUT2D eigenvalue weighted by Gasteiger charge is 2.18. The number of furan rings is 1. The maximum absolute atomic E-state index is 12.4. The molecule has 0 unspecified atom stereocenters. The summed E-state index contributed by atoms with van der Waals surface area (Å²) in [6, 6.07) is 16.9. The summed E-state index contributed by atoms with van der Waals surface area (Å²) in [4.78, 5) is 23.2. The second kappa shape index (κ2) is 8.70. The predicted molar refractivity (Wildman–Crippen MR) is 117 cm³/mol. The van der Waals surface area contributed by atoms with Crippen LogP contribution >= 0.6 is 22.6 Å². The summed E-state index contributed by atoms with van der Waals surface area (Å²) in [5.74, 6) is -0.0590. The summed E-state index contributed by atoms with van der Waals surface area (Å²) < 4.78 is 6.58. The number of nitro groups is 1. The second-order valence-electron chi connectivity index (χ2n) is 6.11. The van der Waals surface area contributed by atoms with E-state index in [1.54, 1.807) is 49.4 Å². The van der Waals surface area contributed by atoms with Crippen LogP contribution in [-0.2, 0) is 4.79 Å². The molecule has 8 heteroatoms. The molecule has 7 nitrogen and oxygen atoms in total. The van der Waals surface area contributed by atoms with E-state index in [2.05, 4.69) is 27.9 Å². The SMILES string of the molecule is Cc1ccc(-c2ccc(/C=C(\C#N)C(=O)Nc3cccc(I)c3)o2)c([N+](=O)[O-])c1. The zero-order valence-electron chi connectivity index (χ0n) is 15.2. The lowest BCUT2D eigenvalue weighted by Gasteiger charge is -2.04. The van der Waals surface area contributed by atoms with Crippen LogP contribution in [0.3, 0.4) is 0 Å². The molecule has 2 aromatic carbocycles. The fourth-order valence-electron chi connectivity index (χ4n) is 2.63. The Balaban J connectivity index is 1.87. The third-order valence-electron chi connectivity index (χ3n) is 3.98. The zero-order chi connectivity index (χ0) is 21.0. The highest BCUT2D eigenvalue weighted by Crippen LogP contribution is 2.32. The monoisotopic (exact) mass is 499 g/mol. The average molecular weight is 499 g/mol. The van der Waals surface area contributed by atoms with Crippen LogP contribution in [0.2, 0.25) is 0 Å². The second-order valence-corrected chi connectivity index (χ2v) is 7.36. The molecule has 0 saturated heterocycles. The number of anilines is 1. The number of amides is 1. The van der Waals surface area contributed by atoms with E-state index in [9.17, 15) is 20.2 Å². The Hall–Kier alpha value is -3.45. The molecule has 0 spiro atoms. The fourth-order valence-corrected chi connectivity index (χ4v) is 3.17. The number of nitrogens with one attached hydrogen (secondary N) is 1. The molecule has 0 saturated carbocycles. The highest BCUT2D eigenvalue weighted by atomic mass is 127. The van der Waals surface area contributed by atoms with Crippen molar-refractivity contribution in [2.24, 2.45) is 0 Å². The number of nitriles is 1. The van der Waals surface area contributed by atoms with Crippen LogP contribution in [0.15, 0.2) is 64.6 Å². The Kier molecular flexibility index (Phi) is 6.09. The highest BCUT2D eigenvalue weighted by molar-refractivity contribution is 14.1. The third kappa shape index (κ3) is 4.89. The summed E-state index contributed by atoms with van der Waals surface area (Å²) in [5.41, 5.74) is 1.42. The van der Waals surface area contributed by atoms with Crippen LogP contribution < -0.4 is 5.32 Å². The Morgan fingerprint density at radius 1 is 1.24 bits per heavy atom. The van der Waals surface area contributed by atoms with Crippen LogP contribution in [0, 0.1) is 31.9 Å². The normalized spacial score (nSPS) is 11.0. The van der Waals surface area contributed by atoms with Crippen molar-refractivity contribution >= 4 is 45.9 Å². The predicted octanol–water partition coefficient (Wildman–Crippen LogP) is 5.31. The molecule has 29 heavy (non-hydrogen) atoms. The van der Waals surface area contributed by atoms with Gasteiger partial charge in [-0.3, -0.25) is 14.9 Å². The summed E-state index contributed by atoms with van der Waals surface area (Å²) in [6.07, 6.45) is 1.30. The quantitative estimate of drug-likeness (QED) is 0.168. The Labute approximate surface area is 179 Å². The Morgan fingerprint density at radius 3 is 2.72 bits per heavy atom. The van der Waals surface area contributed by atoms with Gasteiger partial charge in [-0.15, -0.1) is 0 Å². The molecular formula is C21H14IN3O4. The molecule has 0 fully saturated rings. The van der Waals surface area contributed by atoms with Crippen molar-refractivity contribution in [1.82, 2.24) is 0 Å². The van der Waals surface area contributed by atoms with Crippen LogP contribution in [-0.4, -0.2) is 10.8 Å². The topological polar surface area (TPSA) is 109 Å². The minimum atomic E-state index is -0.575. The van der Waals surface area contributed by atoms with Crippen molar-refractivity contribution in [1.29, 1.82) is 5.26 Å². The number of aryl methyl sites for hydroxylation is 1. The van der Waals surface area contributed by atoms with E-state index < -0.39 is 10.8 Å². The van der Waals surface area contributed by atoms with Crippen LogP contribution in [0.4, 0.5) is 11.4 Å². The molecule has 1 N–H and O–H groups in total. The van der Waals surface area contributed by atoms with Crippen molar-refractivity contribution in [3.8, 4) is 17.4 Å². The molecule has 0 aliphatic rings. The molecule has 0 bridgehead atoms. The van der Waals surface area contributed by atoms with Gasteiger partial charge in [0, 0.05) is 21.4 Å². The molecule has 0 atom stereocenters. The number of benzene rings is 2. The van der Waals surface area contributed by atoms with Gasteiger partial charge in [-0.05, 0) is 71.5 Å². The molecule has 3 rings (SSSR count). The maximum Gasteiger partial charge on any atom is 0.280 e. The summed E-state index contributed by atoms with van der Waals surface area (Å²) in [5, 5.41) is 23.3. The van der Waals surface area contributed by atoms with Crippen molar-refractivity contribution in [2.45, 2.75) is 6.92 Å². The maximum atomic E-state index is 12.4. The van der Waals surface area contributed by atoms with Gasteiger partial charge in [-0.2, -0.15) is 5.26 Å². The van der Waals surface area contributed by atoms with Gasteiger partial charge in [-0.1, -0.05) is 12.1 Å². The molecule has 1 amide bonds. The van der Waals surface area contributed by atoms with Gasteiger partial charge >= 0.3 is 0 Å². The van der Waals surface area contributed by atoms with Gasteiger partial charge in [0.1, 0.15) is 23.2 Å². The van der Waals surface area contributed by atoms with Crippen molar-refractivity contribution in [2.75, 3.05) is 5.32 Å². The molecular weight excluding hydrogens is 485 g/mol. The van der Waals surface area contributed by atoms with Crippen molar-refractivity contribution in [3.63, 3.8) is 0 Å². The number of nitro benzene ring substituents is 1. The van der Waals surface area contributed by atoms with E-state index in [4.69, 9.17) is 4.42 Å². The summed E-state index contributed by atoms with van der Waals surface area (Å²) in [7, 11) is 0. The number of nitrogens with zero attached hydrogens (tertiary/aromatic N) is 2. The molecule has 0 aliphatic heterocycles. The minimum absolute atomic E-state index is 0.0770. The number of carbonyl (C=O) groups is 1. The van der Waals surface area contributed by atoms with E-state index in [0.29, 0.717) is 11.3 Å². The van der Waals surface area contributed by atoms with Gasteiger partial charge in [0.15, 0.2) is 0 Å². The van der Waals surface area contributed by atoms with E-state index in [0.717, 1.165) is 9.13 Å². The number of hydrogen-bond acceptors (Lipinski definition) is 5. The van der Waals surface area contributed by atoms with Gasteiger partial charge in [-0.25, -0.2) is 0 Å². The van der Waals surface area contributed by atoms with Gasteiger partial charge < -0.3 is 9.73 Å². The third-order valence-corrected chi connectivity index (χ3v) is 4.65. The summed E-state index contributed by atoms with van der Waals surface area (Å²) >= 11 is 2.12. The van der Waals surface area contributed by atoms with Gasteiger partial charge in [0.25, 0.3) is 11.6 Å². The summed E-state index contributed by atoms with van der Waals surface area (Å²) in [6.45, 7) is 1.76. The van der Waals surface area contributed by atoms with E-state index >= 15 is 0 Å². The van der Waals surface area contributed by atoms with Crippen molar-refractivity contribution < 1.29 is 14.1 Å². The van der Waals surface area contributed by atoms with Crippen LogP contribution in [0.25, 0.3) is 17.4 Å².